The van der Waals surface area contributed by atoms with Crippen molar-refractivity contribution in [3.8, 4) is 0 Å². The zero-order valence-electron chi connectivity index (χ0n) is 20.4. The highest BCUT2D eigenvalue weighted by Gasteiger charge is 2.41. The van der Waals surface area contributed by atoms with Gasteiger partial charge in [-0.15, -0.1) is 0 Å². The smallest absolute Gasteiger partial charge is 0.311 e. The number of hydrogen-bond acceptors (Lipinski definition) is 4. The first kappa shape index (κ1) is 21.9. The van der Waals surface area contributed by atoms with Crippen molar-refractivity contribution in [1.82, 2.24) is 4.90 Å². The van der Waals surface area contributed by atoms with Gasteiger partial charge in [-0.25, -0.2) is 4.39 Å². The van der Waals surface area contributed by atoms with Crippen LogP contribution in [0, 0.1) is 18.6 Å². The number of likely N-dealkylation sites (tertiary alicyclic amines) is 1. The lowest BCUT2D eigenvalue weighted by Crippen LogP contribution is -2.46. The van der Waals surface area contributed by atoms with Crippen LogP contribution in [0.1, 0.15) is 74.3 Å². The third-order valence-electron chi connectivity index (χ3n) is 6.67. The number of carbonyl (C=O) groups is 2. The molecule has 2 fully saturated rings. The number of rotatable bonds is 6. The Morgan fingerprint density at radius 2 is 1.85 bits per heavy atom. The van der Waals surface area contributed by atoms with Crippen LogP contribution in [0.2, 0.25) is 0 Å². The third kappa shape index (κ3) is 5.05. The van der Waals surface area contributed by atoms with Crippen LogP contribution in [0.3, 0.4) is 0 Å². The highest BCUT2D eigenvalue weighted by atomic mass is 19.1. The first-order valence-corrected chi connectivity index (χ1v) is 11.9. The topological polar surface area (TPSA) is 58.6 Å². The van der Waals surface area contributed by atoms with Crippen molar-refractivity contribution in [3.05, 3.63) is 65.0 Å². The highest BCUT2D eigenvalue weighted by molar-refractivity contribution is 5.96. The molecule has 0 spiro atoms. The van der Waals surface area contributed by atoms with Gasteiger partial charge in [-0.1, -0.05) is 37.1 Å². The van der Waals surface area contributed by atoms with Gasteiger partial charge in [0.1, 0.15) is 5.82 Å². The molecule has 1 N–H and O–H groups in total. The predicted octanol–water partition coefficient (Wildman–Crippen LogP) is 5.65. The quantitative estimate of drug-likeness (QED) is 0.575. The van der Waals surface area contributed by atoms with Crippen LogP contribution in [-0.4, -0.2) is 36.0 Å². The molecule has 1 saturated carbocycles. The van der Waals surface area contributed by atoms with E-state index in [1.54, 1.807) is 26.0 Å². The van der Waals surface area contributed by atoms with Crippen molar-refractivity contribution in [1.29, 1.82) is 0 Å². The molecule has 4 rings (SSSR count). The summed E-state index contributed by atoms with van der Waals surface area (Å²) in [6.07, 6.45) is 5.47. The monoisotopic (exact) mass is 453 g/mol. The molecule has 1 heterocycles. The summed E-state index contributed by atoms with van der Waals surface area (Å²) in [7, 11) is 0. The van der Waals surface area contributed by atoms with Crippen molar-refractivity contribution in [2.45, 2.75) is 64.5 Å². The minimum Gasteiger partial charge on any atom is -0.466 e. The SMILES string of the molecule is [2H][C@]1(C(=O)OCC)CCCN(C(=O)c2c(C)cccc2F)[C@H]1c1ccc(NC2CCCC2)cc1. The van der Waals surface area contributed by atoms with Gasteiger partial charge in [0, 0.05) is 19.6 Å². The molecule has 0 unspecified atom stereocenters. The van der Waals surface area contributed by atoms with E-state index >= 15 is 0 Å². The maximum Gasteiger partial charge on any atom is 0.311 e. The van der Waals surface area contributed by atoms with Gasteiger partial charge in [0.25, 0.3) is 5.91 Å². The Labute approximate surface area is 196 Å². The van der Waals surface area contributed by atoms with Crippen LogP contribution in [-0.2, 0) is 9.53 Å². The van der Waals surface area contributed by atoms with E-state index in [0.29, 0.717) is 30.1 Å². The van der Waals surface area contributed by atoms with Gasteiger partial charge < -0.3 is 15.0 Å². The summed E-state index contributed by atoms with van der Waals surface area (Å²) < 4.78 is 29.2. The van der Waals surface area contributed by atoms with Crippen molar-refractivity contribution < 1.29 is 20.1 Å². The number of carbonyl (C=O) groups excluding carboxylic acids is 2. The number of esters is 1. The molecule has 0 aromatic heterocycles. The Bertz CT molecular complexity index is 1020. The standard InChI is InChI=1S/C27H33FN2O3/c1-3-33-27(32)22-11-7-17-30(26(31)24-18(2)8-6-12-23(24)28)25(22)19-13-15-21(16-14-19)29-20-9-4-5-10-20/h6,8,12-16,20,22,25,29H,3-5,7,9-11,17H2,1-2H3/t22-,25-/m0/s1/i22D. The molecule has 2 aromatic rings. The Balaban J connectivity index is 1.71. The van der Waals surface area contributed by atoms with E-state index in [1.807, 2.05) is 24.3 Å². The molecule has 176 valence electrons. The Hall–Kier alpha value is -2.89. The number of benzene rings is 2. The summed E-state index contributed by atoms with van der Waals surface area (Å²) in [6.45, 7) is 3.88. The summed E-state index contributed by atoms with van der Waals surface area (Å²) in [4.78, 5) is 28.1. The average molecular weight is 454 g/mol. The zero-order chi connectivity index (χ0) is 24.3. The van der Waals surface area contributed by atoms with Crippen LogP contribution in [0.25, 0.3) is 0 Å². The lowest BCUT2D eigenvalue weighted by Gasteiger charge is -2.41. The predicted molar refractivity (Wildman–Crippen MR) is 127 cm³/mol. The minimum absolute atomic E-state index is 0.0138. The number of nitrogens with one attached hydrogen (secondary N) is 1. The lowest BCUT2D eigenvalue weighted by atomic mass is 9.84. The molecule has 6 heteroatoms. The molecule has 1 amide bonds. The maximum atomic E-state index is 14.7. The number of aryl methyl sites for hydroxylation is 1. The normalized spacial score (nSPS) is 23.8. The first-order chi connectivity index (χ1) is 16.3. The Kier molecular flexibility index (Phi) is 6.89. The van der Waals surface area contributed by atoms with E-state index in [9.17, 15) is 15.4 Å². The van der Waals surface area contributed by atoms with Crippen LogP contribution in [0.4, 0.5) is 10.1 Å². The minimum atomic E-state index is -1.68. The molecule has 2 atom stereocenters. The summed E-state index contributed by atoms with van der Waals surface area (Å²) in [6, 6.07) is 11.7. The lowest BCUT2D eigenvalue weighted by molar-refractivity contribution is -0.151. The molecule has 0 bridgehead atoms. The second kappa shape index (κ2) is 10.4. The fourth-order valence-corrected chi connectivity index (χ4v) is 5.05. The van der Waals surface area contributed by atoms with E-state index in [1.165, 1.54) is 23.8 Å². The molecule has 33 heavy (non-hydrogen) atoms. The molecule has 2 aliphatic rings. The summed E-state index contributed by atoms with van der Waals surface area (Å²) in [5.74, 6) is -3.44. The number of nitrogens with zero attached hydrogens (tertiary/aromatic N) is 1. The Morgan fingerprint density at radius 1 is 1.12 bits per heavy atom. The molecular weight excluding hydrogens is 419 g/mol. The van der Waals surface area contributed by atoms with Crippen molar-refractivity contribution in [2.75, 3.05) is 18.5 Å². The van der Waals surface area contributed by atoms with Crippen molar-refractivity contribution in [3.63, 3.8) is 0 Å². The van der Waals surface area contributed by atoms with E-state index in [0.717, 1.165) is 18.5 Å². The van der Waals surface area contributed by atoms with Gasteiger partial charge in [0.05, 0.1) is 24.1 Å². The fourth-order valence-electron chi connectivity index (χ4n) is 5.05. The molecule has 5 nitrogen and oxygen atoms in total. The van der Waals surface area contributed by atoms with E-state index in [4.69, 9.17) is 4.74 Å². The van der Waals surface area contributed by atoms with E-state index in [2.05, 4.69) is 5.32 Å². The summed E-state index contributed by atoms with van der Waals surface area (Å²) >= 11 is 0. The van der Waals surface area contributed by atoms with Gasteiger partial charge in [-0.3, -0.25) is 9.59 Å². The second-order valence-electron chi connectivity index (χ2n) is 8.93. The van der Waals surface area contributed by atoms with Crippen LogP contribution >= 0.6 is 0 Å². The number of ether oxygens (including phenoxy) is 1. The van der Waals surface area contributed by atoms with Crippen LogP contribution < -0.4 is 5.32 Å². The van der Waals surface area contributed by atoms with Crippen molar-refractivity contribution in [2.24, 2.45) is 5.89 Å². The molecule has 1 saturated heterocycles. The third-order valence-corrected chi connectivity index (χ3v) is 6.67. The molecule has 0 radical (unpaired) electrons. The number of anilines is 1. The average Bonchev–Trinajstić information content (AvgIpc) is 3.32. The fraction of sp³-hybridized carbons (Fsp3) is 0.481. The van der Waals surface area contributed by atoms with Gasteiger partial charge in [-0.05, 0) is 68.9 Å². The maximum absolute atomic E-state index is 14.7. The van der Waals surface area contributed by atoms with Gasteiger partial charge in [-0.2, -0.15) is 0 Å². The van der Waals surface area contributed by atoms with E-state index < -0.39 is 29.6 Å². The zero-order valence-corrected chi connectivity index (χ0v) is 19.4. The second-order valence-corrected chi connectivity index (χ2v) is 8.93. The summed E-state index contributed by atoms with van der Waals surface area (Å²) in [5.41, 5.74) is 2.15. The molecule has 1 aliphatic heterocycles. The number of piperidine rings is 1. The van der Waals surface area contributed by atoms with Gasteiger partial charge in [0.15, 0.2) is 0 Å². The van der Waals surface area contributed by atoms with Crippen LogP contribution in [0.15, 0.2) is 42.5 Å². The highest BCUT2D eigenvalue weighted by Crippen LogP contribution is 2.39. The number of halogens is 1. The Morgan fingerprint density at radius 3 is 2.52 bits per heavy atom. The first-order valence-electron chi connectivity index (χ1n) is 12.4. The van der Waals surface area contributed by atoms with Crippen molar-refractivity contribution >= 4 is 17.6 Å². The molecular formula is C27H33FN2O3. The molecule has 2 aromatic carbocycles. The van der Waals surface area contributed by atoms with E-state index in [-0.39, 0.29) is 18.6 Å². The number of hydrogen-bond donors (Lipinski definition) is 1. The number of amides is 1. The van der Waals surface area contributed by atoms with Gasteiger partial charge in [0.2, 0.25) is 0 Å². The van der Waals surface area contributed by atoms with Gasteiger partial charge >= 0.3 is 5.97 Å². The van der Waals surface area contributed by atoms with Crippen LogP contribution in [0.5, 0.6) is 0 Å². The molecule has 1 aliphatic carbocycles. The summed E-state index contributed by atoms with van der Waals surface area (Å²) in [5, 5.41) is 3.54. The largest absolute Gasteiger partial charge is 0.466 e.